The molecular weight excluding hydrogens is 260 g/mol. The molecule has 0 spiro atoms. The predicted molar refractivity (Wildman–Crippen MR) is 89.2 cm³/mol. The van der Waals surface area contributed by atoms with E-state index in [0.29, 0.717) is 0 Å². The van der Waals surface area contributed by atoms with Crippen LogP contribution in [0.3, 0.4) is 0 Å². The highest BCUT2D eigenvalue weighted by Gasteiger charge is 2.17. The van der Waals surface area contributed by atoms with Gasteiger partial charge < -0.3 is 15.3 Å². The van der Waals surface area contributed by atoms with Gasteiger partial charge in [-0.3, -0.25) is 0 Å². The molecule has 1 aliphatic heterocycles. The van der Waals surface area contributed by atoms with Crippen LogP contribution in [0.15, 0.2) is 35.9 Å². The number of piperidine rings is 1. The molecule has 1 saturated heterocycles. The van der Waals surface area contributed by atoms with E-state index in [4.69, 9.17) is 5.11 Å². The predicted octanol–water partition coefficient (Wildman–Crippen LogP) is 2.38. The van der Waals surface area contributed by atoms with Gasteiger partial charge in [-0.15, -0.1) is 0 Å². The first-order chi connectivity index (χ1) is 10.3. The lowest BCUT2D eigenvalue weighted by Gasteiger charge is -2.31. The molecule has 1 fully saturated rings. The Kier molecular flexibility index (Phi) is 6.93. The Morgan fingerprint density at radius 1 is 1.29 bits per heavy atom. The van der Waals surface area contributed by atoms with Crippen molar-refractivity contribution in [1.82, 2.24) is 10.2 Å². The number of likely N-dealkylation sites (tertiary alicyclic amines) is 1. The maximum atomic E-state index is 8.95. The SMILES string of the molecule is C/C(=C\c1ccccc1)CNCC1CCN(CCO)CC1. The lowest BCUT2D eigenvalue weighted by atomic mass is 9.97. The Bertz CT molecular complexity index is 422. The normalized spacial score (nSPS) is 18.1. The van der Waals surface area contributed by atoms with E-state index in [1.54, 1.807) is 0 Å². The van der Waals surface area contributed by atoms with Gasteiger partial charge in [0, 0.05) is 13.1 Å². The summed E-state index contributed by atoms with van der Waals surface area (Å²) in [6.45, 7) is 7.63. The van der Waals surface area contributed by atoms with Crippen LogP contribution in [-0.2, 0) is 0 Å². The third kappa shape index (κ3) is 6.00. The van der Waals surface area contributed by atoms with Crippen molar-refractivity contribution < 1.29 is 5.11 Å². The van der Waals surface area contributed by atoms with Crippen molar-refractivity contribution in [3.05, 3.63) is 41.5 Å². The topological polar surface area (TPSA) is 35.5 Å². The summed E-state index contributed by atoms with van der Waals surface area (Å²) in [6.07, 6.45) is 4.74. The highest BCUT2D eigenvalue weighted by Crippen LogP contribution is 2.16. The van der Waals surface area contributed by atoms with Gasteiger partial charge in [0.05, 0.1) is 6.61 Å². The molecule has 1 heterocycles. The van der Waals surface area contributed by atoms with E-state index in [1.165, 1.54) is 24.0 Å². The summed E-state index contributed by atoms with van der Waals surface area (Å²) in [5, 5.41) is 12.5. The summed E-state index contributed by atoms with van der Waals surface area (Å²) in [6, 6.07) is 10.5. The van der Waals surface area contributed by atoms with Crippen molar-refractivity contribution in [1.29, 1.82) is 0 Å². The smallest absolute Gasteiger partial charge is 0.0558 e. The number of benzene rings is 1. The van der Waals surface area contributed by atoms with E-state index in [9.17, 15) is 0 Å². The number of nitrogens with one attached hydrogen (secondary N) is 1. The molecule has 116 valence electrons. The fourth-order valence-corrected chi connectivity index (χ4v) is 2.91. The molecule has 0 unspecified atom stereocenters. The molecule has 0 atom stereocenters. The van der Waals surface area contributed by atoms with Crippen molar-refractivity contribution in [2.45, 2.75) is 19.8 Å². The maximum Gasteiger partial charge on any atom is 0.0558 e. The van der Waals surface area contributed by atoms with E-state index in [0.717, 1.165) is 38.6 Å². The van der Waals surface area contributed by atoms with Gasteiger partial charge in [0.25, 0.3) is 0 Å². The minimum absolute atomic E-state index is 0.284. The lowest BCUT2D eigenvalue weighted by molar-refractivity contribution is 0.147. The van der Waals surface area contributed by atoms with Gasteiger partial charge in [-0.2, -0.15) is 0 Å². The van der Waals surface area contributed by atoms with Crippen LogP contribution < -0.4 is 5.32 Å². The molecule has 0 radical (unpaired) electrons. The van der Waals surface area contributed by atoms with E-state index >= 15 is 0 Å². The van der Waals surface area contributed by atoms with Crippen LogP contribution in [0, 0.1) is 5.92 Å². The molecule has 2 N–H and O–H groups in total. The second-order valence-corrected chi connectivity index (χ2v) is 6.04. The zero-order valence-electron chi connectivity index (χ0n) is 13.1. The van der Waals surface area contributed by atoms with Crippen LogP contribution in [0.1, 0.15) is 25.3 Å². The second-order valence-electron chi connectivity index (χ2n) is 6.04. The highest BCUT2D eigenvalue weighted by atomic mass is 16.3. The summed E-state index contributed by atoms with van der Waals surface area (Å²) in [7, 11) is 0. The molecule has 21 heavy (non-hydrogen) atoms. The van der Waals surface area contributed by atoms with Gasteiger partial charge in [-0.25, -0.2) is 0 Å². The Morgan fingerprint density at radius 3 is 2.67 bits per heavy atom. The standard InChI is InChI=1S/C18H28N2O/c1-16(13-17-5-3-2-4-6-17)14-19-15-18-7-9-20(10-8-18)11-12-21/h2-6,13,18-19,21H,7-12,14-15H2,1H3/b16-13+. The van der Waals surface area contributed by atoms with Crippen LogP contribution >= 0.6 is 0 Å². The van der Waals surface area contributed by atoms with E-state index in [-0.39, 0.29) is 6.61 Å². The minimum atomic E-state index is 0.284. The molecule has 0 bridgehead atoms. The van der Waals surface area contributed by atoms with Gasteiger partial charge in [0.2, 0.25) is 0 Å². The van der Waals surface area contributed by atoms with E-state index in [2.05, 4.69) is 47.5 Å². The Labute approximate surface area is 128 Å². The summed E-state index contributed by atoms with van der Waals surface area (Å²) >= 11 is 0. The lowest BCUT2D eigenvalue weighted by Crippen LogP contribution is -2.38. The molecule has 0 saturated carbocycles. The number of hydrogen-bond acceptors (Lipinski definition) is 3. The molecule has 0 aliphatic carbocycles. The first kappa shape index (κ1) is 16.2. The fraction of sp³-hybridized carbons (Fsp3) is 0.556. The largest absolute Gasteiger partial charge is 0.395 e. The van der Waals surface area contributed by atoms with Crippen molar-refractivity contribution in [3.63, 3.8) is 0 Å². The van der Waals surface area contributed by atoms with Crippen LogP contribution in [-0.4, -0.2) is 49.3 Å². The summed E-state index contributed by atoms with van der Waals surface area (Å²) in [4.78, 5) is 2.36. The van der Waals surface area contributed by atoms with Crippen LogP contribution in [0.4, 0.5) is 0 Å². The van der Waals surface area contributed by atoms with E-state index < -0.39 is 0 Å². The molecule has 3 nitrogen and oxygen atoms in total. The molecule has 0 amide bonds. The number of nitrogens with zero attached hydrogens (tertiary/aromatic N) is 1. The molecule has 1 aromatic rings. The Morgan fingerprint density at radius 2 is 2.00 bits per heavy atom. The molecule has 2 rings (SSSR count). The van der Waals surface area contributed by atoms with Gasteiger partial charge in [-0.1, -0.05) is 42.0 Å². The zero-order chi connectivity index (χ0) is 14.9. The molecule has 0 aromatic heterocycles. The van der Waals surface area contributed by atoms with Crippen LogP contribution in [0.25, 0.3) is 6.08 Å². The third-order valence-corrected chi connectivity index (χ3v) is 4.17. The first-order valence-electron chi connectivity index (χ1n) is 8.04. The third-order valence-electron chi connectivity index (χ3n) is 4.17. The minimum Gasteiger partial charge on any atom is -0.395 e. The first-order valence-corrected chi connectivity index (χ1v) is 8.04. The van der Waals surface area contributed by atoms with Gasteiger partial charge >= 0.3 is 0 Å². The Balaban J connectivity index is 1.65. The van der Waals surface area contributed by atoms with Crippen molar-refractivity contribution in [3.8, 4) is 0 Å². The fourth-order valence-electron chi connectivity index (χ4n) is 2.91. The number of hydrogen-bond donors (Lipinski definition) is 2. The average Bonchev–Trinajstić information content (AvgIpc) is 2.50. The van der Waals surface area contributed by atoms with Crippen molar-refractivity contribution in [2.24, 2.45) is 5.92 Å². The number of β-amino-alcohol motifs (C(OH)–C–C–N with tert-alkyl or cyclic N) is 1. The second kappa shape index (κ2) is 8.98. The van der Waals surface area contributed by atoms with Crippen molar-refractivity contribution >= 4 is 6.08 Å². The quantitative estimate of drug-likeness (QED) is 0.808. The monoisotopic (exact) mass is 288 g/mol. The molecule has 1 aliphatic rings. The van der Waals surface area contributed by atoms with Crippen LogP contribution in [0.5, 0.6) is 0 Å². The number of rotatable bonds is 7. The average molecular weight is 288 g/mol. The van der Waals surface area contributed by atoms with Crippen LogP contribution in [0.2, 0.25) is 0 Å². The maximum absolute atomic E-state index is 8.95. The van der Waals surface area contributed by atoms with Gasteiger partial charge in [0.1, 0.15) is 0 Å². The molecule has 1 aromatic carbocycles. The molecular formula is C18H28N2O. The zero-order valence-corrected chi connectivity index (χ0v) is 13.1. The number of aliphatic hydroxyl groups excluding tert-OH is 1. The highest BCUT2D eigenvalue weighted by molar-refractivity contribution is 5.52. The van der Waals surface area contributed by atoms with E-state index in [1.807, 2.05) is 6.07 Å². The number of aliphatic hydroxyl groups is 1. The summed E-state index contributed by atoms with van der Waals surface area (Å²) in [5.41, 5.74) is 2.65. The van der Waals surface area contributed by atoms with Gasteiger partial charge in [0.15, 0.2) is 0 Å². The molecule has 3 heteroatoms. The Hall–Kier alpha value is -1.16. The van der Waals surface area contributed by atoms with Crippen molar-refractivity contribution in [2.75, 3.05) is 39.3 Å². The summed E-state index contributed by atoms with van der Waals surface area (Å²) < 4.78 is 0. The van der Waals surface area contributed by atoms with Gasteiger partial charge in [-0.05, 0) is 50.9 Å². The summed E-state index contributed by atoms with van der Waals surface area (Å²) in [5.74, 6) is 0.782.